The number of hydrogen-bond donors (Lipinski definition) is 1. The summed E-state index contributed by atoms with van der Waals surface area (Å²) in [6.07, 6.45) is 6.54. The van der Waals surface area contributed by atoms with Gasteiger partial charge in [-0.25, -0.2) is 0 Å². The van der Waals surface area contributed by atoms with Crippen molar-refractivity contribution in [3.8, 4) is 0 Å². The van der Waals surface area contributed by atoms with Gasteiger partial charge in [-0.3, -0.25) is 9.67 Å². The van der Waals surface area contributed by atoms with Gasteiger partial charge in [-0.1, -0.05) is 6.92 Å². The van der Waals surface area contributed by atoms with Crippen molar-refractivity contribution in [1.82, 2.24) is 34.8 Å². The first-order chi connectivity index (χ1) is 12.2. The van der Waals surface area contributed by atoms with Gasteiger partial charge in [-0.15, -0.1) is 34.2 Å². The van der Waals surface area contributed by atoms with Gasteiger partial charge < -0.3 is 19.5 Å². The molecule has 1 unspecified atom stereocenters. The van der Waals surface area contributed by atoms with Gasteiger partial charge in [0, 0.05) is 51.9 Å². The number of guanidine groups is 1. The molecule has 1 N–H and O–H groups in total. The van der Waals surface area contributed by atoms with Crippen LogP contribution >= 0.6 is 24.0 Å². The summed E-state index contributed by atoms with van der Waals surface area (Å²) < 4.78 is 9.77. The Hall–Kier alpha value is -1.69. The maximum absolute atomic E-state index is 5.90. The Morgan fingerprint density at radius 3 is 3.00 bits per heavy atom. The van der Waals surface area contributed by atoms with Crippen molar-refractivity contribution in [1.29, 1.82) is 0 Å². The quantitative estimate of drug-likeness (QED) is 0.393. The van der Waals surface area contributed by atoms with Crippen LogP contribution < -0.4 is 5.32 Å². The van der Waals surface area contributed by atoms with Crippen molar-refractivity contribution in [2.24, 2.45) is 12.0 Å². The van der Waals surface area contributed by atoms with Crippen LogP contribution in [0.1, 0.15) is 24.4 Å². The van der Waals surface area contributed by atoms with E-state index < -0.39 is 0 Å². The Bertz CT molecular complexity index is 713. The maximum Gasteiger partial charge on any atom is 0.193 e. The number of aromatic nitrogens is 5. The molecule has 0 radical (unpaired) electrons. The van der Waals surface area contributed by atoms with Crippen LogP contribution in [0.15, 0.2) is 23.7 Å². The molecule has 26 heavy (non-hydrogen) atoms. The van der Waals surface area contributed by atoms with Crippen molar-refractivity contribution < 1.29 is 4.74 Å². The first kappa shape index (κ1) is 20.6. The Kier molecular flexibility index (Phi) is 7.82. The Morgan fingerprint density at radius 1 is 1.46 bits per heavy atom. The fourth-order valence-corrected chi connectivity index (χ4v) is 3.01. The summed E-state index contributed by atoms with van der Waals surface area (Å²) in [5.41, 5.74) is 1.10. The highest BCUT2D eigenvalue weighted by atomic mass is 127. The zero-order valence-corrected chi connectivity index (χ0v) is 17.8. The summed E-state index contributed by atoms with van der Waals surface area (Å²) in [5.74, 6) is 1.89. The highest BCUT2D eigenvalue weighted by Gasteiger charge is 2.25. The SMILES string of the molecule is CCc1nncn1CCNC(=NC)N1CCOC(c2cnn(C)c2)C1.I. The van der Waals surface area contributed by atoms with Crippen molar-refractivity contribution >= 4 is 29.9 Å². The normalized spacial score (nSPS) is 17.9. The molecule has 0 aromatic carbocycles. The third kappa shape index (κ3) is 4.93. The third-order valence-electron chi connectivity index (χ3n) is 4.32. The van der Waals surface area contributed by atoms with E-state index in [1.807, 2.05) is 26.5 Å². The van der Waals surface area contributed by atoms with Gasteiger partial charge in [-0.2, -0.15) is 5.10 Å². The van der Waals surface area contributed by atoms with Crippen molar-refractivity contribution in [2.75, 3.05) is 33.3 Å². The van der Waals surface area contributed by atoms with Crippen LogP contribution in [0.4, 0.5) is 0 Å². The molecule has 10 heteroatoms. The van der Waals surface area contributed by atoms with Gasteiger partial charge in [0.15, 0.2) is 5.96 Å². The molecule has 0 aliphatic carbocycles. The number of halogens is 1. The van der Waals surface area contributed by atoms with Crippen LogP contribution in [-0.2, 0) is 24.8 Å². The van der Waals surface area contributed by atoms with Gasteiger partial charge in [-0.05, 0) is 0 Å². The van der Waals surface area contributed by atoms with Gasteiger partial charge in [0.25, 0.3) is 0 Å². The predicted molar refractivity (Wildman–Crippen MR) is 110 cm³/mol. The van der Waals surface area contributed by atoms with Crippen LogP contribution in [0.2, 0.25) is 0 Å². The van der Waals surface area contributed by atoms with Gasteiger partial charge in [0.1, 0.15) is 18.3 Å². The first-order valence-electron chi connectivity index (χ1n) is 8.63. The molecular formula is C16H27IN8O. The number of ether oxygens (including phenoxy) is 1. The monoisotopic (exact) mass is 474 g/mol. The largest absolute Gasteiger partial charge is 0.370 e. The Balaban J connectivity index is 0.00000243. The average Bonchev–Trinajstić information content (AvgIpc) is 3.27. The maximum atomic E-state index is 5.90. The lowest BCUT2D eigenvalue weighted by Gasteiger charge is -2.34. The molecule has 9 nitrogen and oxygen atoms in total. The Labute approximate surface area is 170 Å². The van der Waals surface area contributed by atoms with Gasteiger partial charge >= 0.3 is 0 Å². The number of nitrogens with one attached hydrogen (secondary N) is 1. The second-order valence-corrected chi connectivity index (χ2v) is 6.02. The zero-order valence-electron chi connectivity index (χ0n) is 15.5. The number of aliphatic imine (C=N–C) groups is 1. The highest BCUT2D eigenvalue weighted by Crippen LogP contribution is 2.21. The molecule has 0 spiro atoms. The summed E-state index contributed by atoms with van der Waals surface area (Å²) in [4.78, 5) is 6.65. The number of morpholine rings is 1. The highest BCUT2D eigenvalue weighted by molar-refractivity contribution is 14.0. The predicted octanol–water partition coefficient (Wildman–Crippen LogP) is 0.841. The van der Waals surface area contributed by atoms with Gasteiger partial charge in [0.05, 0.1) is 19.3 Å². The molecule has 0 bridgehead atoms. The lowest BCUT2D eigenvalue weighted by molar-refractivity contribution is -0.00802. The van der Waals surface area contributed by atoms with E-state index in [2.05, 4.69) is 42.0 Å². The minimum absolute atomic E-state index is 0. The summed E-state index contributed by atoms with van der Waals surface area (Å²) in [6.45, 7) is 5.92. The van der Waals surface area contributed by atoms with E-state index in [4.69, 9.17) is 4.74 Å². The molecular weight excluding hydrogens is 447 g/mol. The number of aryl methyl sites for hydroxylation is 2. The molecule has 1 aliphatic heterocycles. The van der Waals surface area contributed by atoms with Crippen LogP contribution in [0, 0.1) is 0 Å². The van der Waals surface area contributed by atoms with E-state index in [0.717, 1.165) is 49.9 Å². The summed E-state index contributed by atoms with van der Waals surface area (Å²) in [5, 5.41) is 15.7. The number of nitrogens with zero attached hydrogens (tertiary/aromatic N) is 7. The molecule has 1 saturated heterocycles. The molecule has 0 amide bonds. The molecule has 3 heterocycles. The minimum atomic E-state index is 0. The van der Waals surface area contributed by atoms with E-state index in [0.29, 0.717) is 6.61 Å². The van der Waals surface area contributed by atoms with E-state index in [1.54, 1.807) is 11.0 Å². The fourth-order valence-electron chi connectivity index (χ4n) is 3.01. The standard InChI is InChI=1S/C16H26N8O.HI/c1-4-15-21-19-12-24(15)6-5-18-16(17-2)23-7-8-25-14(11-23)13-9-20-22(3)10-13;/h9-10,12,14H,4-8,11H2,1-3H3,(H,17,18);1H. The molecule has 144 valence electrons. The third-order valence-corrected chi connectivity index (χ3v) is 4.32. The molecule has 1 atom stereocenters. The fraction of sp³-hybridized carbons (Fsp3) is 0.625. The van der Waals surface area contributed by atoms with Crippen LogP contribution in [0.3, 0.4) is 0 Å². The summed E-state index contributed by atoms with van der Waals surface area (Å²) >= 11 is 0. The molecule has 1 aliphatic rings. The smallest absolute Gasteiger partial charge is 0.193 e. The first-order valence-corrected chi connectivity index (χ1v) is 8.63. The zero-order chi connectivity index (χ0) is 17.6. The number of rotatable bonds is 5. The molecule has 1 fully saturated rings. The lowest BCUT2D eigenvalue weighted by atomic mass is 10.1. The summed E-state index contributed by atoms with van der Waals surface area (Å²) in [6, 6.07) is 0. The average molecular weight is 474 g/mol. The second-order valence-electron chi connectivity index (χ2n) is 6.02. The van der Waals surface area contributed by atoms with Crippen molar-refractivity contribution in [3.05, 3.63) is 30.1 Å². The molecule has 2 aromatic heterocycles. The lowest BCUT2D eigenvalue weighted by Crippen LogP contribution is -2.48. The second kappa shape index (κ2) is 9.86. The number of hydrogen-bond acceptors (Lipinski definition) is 5. The van der Waals surface area contributed by atoms with E-state index in [-0.39, 0.29) is 30.1 Å². The Morgan fingerprint density at radius 2 is 2.31 bits per heavy atom. The van der Waals surface area contributed by atoms with E-state index in [9.17, 15) is 0 Å². The van der Waals surface area contributed by atoms with Crippen LogP contribution in [-0.4, -0.2) is 68.7 Å². The van der Waals surface area contributed by atoms with Crippen molar-refractivity contribution in [2.45, 2.75) is 26.0 Å². The topological polar surface area (TPSA) is 85.4 Å². The van der Waals surface area contributed by atoms with Crippen molar-refractivity contribution in [3.63, 3.8) is 0 Å². The molecule has 2 aromatic rings. The molecule has 3 rings (SSSR count). The van der Waals surface area contributed by atoms with Crippen LogP contribution in [0.25, 0.3) is 0 Å². The van der Waals surface area contributed by atoms with E-state index in [1.165, 1.54) is 0 Å². The van der Waals surface area contributed by atoms with Crippen LogP contribution in [0.5, 0.6) is 0 Å². The van der Waals surface area contributed by atoms with E-state index >= 15 is 0 Å². The summed E-state index contributed by atoms with van der Waals surface area (Å²) in [7, 11) is 3.73. The molecule has 0 saturated carbocycles. The van der Waals surface area contributed by atoms with Gasteiger partial charge in [0.2, 0.25) is 0 Å². The minimum Gasteiger partial charge on any atom is -0.370 e.